The van der Waals surface area contributed by atoms with E-state index in [1.165, 1.54) is 12.1 Å². The van der Waals surface area contributed by atoms with E-state index in [0.717, 1.165) is 16.8 Å². The molecule has 1 fully saturated rings. The number of nitrogens with one attached hydrogen (secondary N) is 1. The highest BCUT2D eigenvalue weighted by molar-refractivity contribution is 5.98. The average Bonchev–Trinajstić information content (AvgIpc) is 3.27. The number of halogens is 5. The van der Waals surface area contributed by atoms with Gasteiger partial charge in [0.2, 0.25) is 5.69 Å². The Morgan fingerprint density at radius 3 is 2.09 bits per heavy atom. The zero-order valence-corrected chi connectivity index (χ0v) is 17.8. The molecule has 3 aromatic rings. The molecule has 1 N–H and O–H groups in total. The topological polar surface area (TPSA) is 97.4 Å². The molecule has 8 nitrogen and oxygen atoms in total. The van der Waals surface area contributed by atoms with Crippen LogP contribution in [0.4, 0.5) is 27.6 Å². The van der Waals surface area contributed by atoms with Crippen LogP contribution >= 0.6 is 0 Å². The maximum atomic E-state index is 13.4. The molecular weight excluding hydrogens is 479 g/mol. The number of aromatic amines is 1. The number of ether oxygens (including phenoxy) is 2. The molecule has 1 saturated heterocycles. The van der Waals surface area contributed by atoms with Crippen LogP contribution in [0.5, 0.6) is 11.6 Å². The van der Waals surface area contributed by atoms with E-state index in [0.29, 0.717) is 0 Å². The fourth-order valence-electron chi connectivity index (χ4n) is 3.40. The Kier molecular flexibility index (Phi) is 6.41. The van der Waals surface area contributed by atoms with Crippen molar-refractivity contribution in [1.29, 1.82) is 0 Å². The summed E-state index contributed by atoms with van der Waals surface area (Å²) in [4.78, 5) is 24.6. The van der Waals surface area contributed by atoms with Gasteiger partial charge in [0.1, 0.15) is 5.75 Å². The molecule has 0 bridgehead atoms. The standard InChI is InChI=1S/C22H17F5N4O4/c23-21(24)9-11-31(12-10-21)15-5-1-13(2-6-15)14-3-7-16(8-4-14)34-18-17(28-30-29-18)19(32)35-20(33)22(25,26)27/h1-8H,9-12H2,(H,28,29,30). The summed E-state index contributed by atoms with van der Waals surface area (Å²) in [6.07, 6.45) is -5.71. The fourth-order valence-corrected chi connectivity index (χ4v) is 3.40. The molecule has 184 valence electrons. The van der Waals surface area contributed by atoms with Crippen LogP contribution in [0.1, 0.15) is 23.3 Å². The number of piperidine rings is 1. The number of anilines is 1. The molecular formula is C22H17F5N4O4. The molecule has 0 saturated carbocycles. The van der Waals surface area contributed by atoms with Gasteiger partial charge in [0.15, 0.2) is 0 Å². The van der Waals surface area contributed by atoms with Crippen LogP contribution in [-0.4, -0.2) is 52.5 Å². The summed E-state index contributed by atoms with van der Waals surface area (Å²) in [5, 5.41) is 8.79. The Bertz CT molecular complexity index is 1200. The van der Waals surface area contributed by atoms with Gasteiger partial charge in [0.25, 0.3) is 11.8 Å². The van der Waals surface area contributed by atoms with Gasteiger partial charge < -0.3 is 14.4 Å². The van der Waals surface area contributed by atoms with Crippen molar-refractivity contribution in [3.05, 3.63) is 54.2 Å². The SMILES string of the molecule is O=C(OC(=O)C(F)(F)F)c1[nH]nnc1Oc1ccc(-c2ccc(N3CCC(F)(F)CC3)cc2)cc1. The third-order valence-electron chi connectivity index (χ3n) is 5.27. The Hall–Kier alpha value is -4.03. The molecule has 0 amide bonds. The quantitative estimate of drug-likeness (QED) is 0.310. The van der Waals surface area contributed by atoms with Crippen molar-refractivity contribution in [2.75, 3.05) is 18.0 Å². The van der Waals surface area contributed by atoms with E-state index in [1.807, 2.05) is 34.3 Å². The van der Waals surface area contributed by atoms with Crippen molar-refractivity contribution >= 4 is 17.6 Å². The molecule has 2 heterocycles. The van der Waals surface area contributed by atoms with Gasteiger partial charge in [-0.15, -0.1) is 0 Å². The Morgan fingerprint density at radius 1 is 0.943 bits per heavy atom. The maximum absolute atomic E-state index is 13.4. The van der Waals surface area contributed by atoms with Gasteiger partial charge in [-0.25, -0.2) is 23.5 Å². The molecule has 0 atom stereocenters. The van der Waals surface area contributed by atoms with E-state index in [1.54, 1.807) is 12.1 Å². The third-order valence-corrected chi connectivity index (χ3v) is 5.27. The van der Waals surface area contributed by atoms with Gasteiger partial charge in [-0.1, -0.05) is 34.6 Å². The lowest BCUT2D eigenvalue weighted by atomic mass is 10.0. The molecule has 0 unspecified atom stereocenters. The van der Waals surface area contributed by atoms with E-state index in [-0.39, 0.29) is 31.7 Å². The van der Waals surface area contributed by atoms with Crippen molar-refractivity contribution in [2.45, 2.75) is 24.9 Å². The van der Waals surface area contributed by atoms with Crippen LogP contribution < -0.4 is 9.64 Å². The number of esters is 2. The molecule has 35 heavy (non-hydrogen) atoms. The Labute approximate surface area is 194 Å². The molecule has 0 radical (unpaired) electrons. The van der Waals surface area contributed by atoms with Gasteiger partial charge in [-0.05, 0) is 35.4 Å². The molecule has 1 aliphatic heterocycles. The number of nitrogens with zero attached hydrogens (tertiary/aromatic N) is 3. The molecule has 0 aliphatic carbocycles. The lowest BCUT2D eigenvalue weighted by Crippen LogP contribution is -2.39. The highest BCUT2D eigenvalue weighted by Crippen LogP contribution is 2.32. The summed E-state index contributed by atoms with van der Waals surface area (Å²) in [7, 11) is 0. The highest BCUT2D eigenvalue weighted by atomic mass is 19.4. The van der Waals surface area contributed by atoms with Gasteiger partial charge in [0.05, 0.1) is 0 Å². The van der Waals surface area contributed by atoms with Gasteiger partial charge in [-0.3, -0.25) is 0 Å². The number of rotatable bonds is 5. The number of H-pyrrole nitrogens is 1. The minimum Gasteiger partial charge on any atom is -0.436 e. The first-order valence-corrected chi connectivity index (χ1v) is 10.3. The minimum absolute atomic E-state index is 0.181. The second kappa shape index (κ2) is 9.31. The average molecular weight is 496 g/mol. The molecule has 13 heteroatoms. The number of carbonyl (C=O) groups excluding carboxylic acids is 2. The fraction of sp³-hybridized carbons (Fsp3) is 0.273. The number of aromatic nitrogens is 3. The second-order valence-electron chi connectivity index (χ2n) is 7.68. The lowest BCUT2D eigenvalue weighted by Gasteiger charge is -2.33. The first-order chi connectivity index (χ1) is 16.5. The van der Waals surface area contributed by atoms with Crippen LogP contribution in [0, 0.1) is 0 Å². The van der Waals surface area contributed by atoms with E-state index < -0.39 is 35.6 Å². The van der Waals surface area contributed by atoms with Crippen LogP contribution in [0.2, 0.25) is 0 Å². The van der Waals surface area contributed by atoms with Crippen molar-refractivity contribution in [3.8, 4) is 22.8 Å². The molecule has 0 spiro atoms. The van der Waals surface area contributed by atoms with E-state index in [9.17, 15) is 31.5 Å². The summed E-state index contributed by atoms with van der Waals surface area (Å²) in [5.74, 6) is -7.25. The monoisotopic (exact) mass is 496 g/mol. The maximum Gasteiger partial charge on any atom is 0.491 e. The van der Waals surface area contributed by atoms with Crippen molar-refractivity contribution in [1.82, 2.24) is 15.4 Å². The summed E-state index contributed by atoms with van der Waals surface area (Å²) in [5.41, 5.74) is 1.82. The summed E-state index contributed by atoms with van der Waals surface area (Å²) in [6, 6.07) is 13.8. The summed E-state index contributed by atoms with van der Waals surface area (Å²) >= 11 is 0. The Balaban J connectivity index is 1.40. The van der Waals surface area contributed by atoms with Crippen LogP contribution in [0.25, 0.3) is 11.1 Å². The third kappa shape index (κ3) is 5.73. The summed E-state index contributed by atoms with van der Waals surface area (Å²) in [6.45, 7) is 0.556. The summed E-state index contributed by atoms with van der Waals surface area (Å²) < 4.78 is 72.7. The number of carbonyl (C=O) groups is 2. The largest absolute Gasteiger partial charge is 0.491 e. The number of hydrogen-bond donors (Lipinski definition) is 1. The lowest BCUT2D eigenvalue weighted by molar-refractivity contribution is -0.193. The van der Waals surface area contributed by atoms with Gasteiger partial charge >= 0.3 is 18.1 Å². The number of benzene rings is 2. The first kappa shape index (κ1) is 24.1. The molecule has 4 rings (SSSR count). The Morgan fingerprint density at radius 2 is 1.51 bits per heavy atom. The van der Waals surface area contributed by atoms with Crippen molar-refractivity contribution in [2.24, 2.45) is 0 Å². The molecule has 2 aromatic carbocycles. The zero-order valence-electron chi connectivity index (χ0n) is 17.8. The second-order valence-corrected chi connectivity index (χ2v) is 7.68. The van der Waals surface area contributed by atoms with Crippen LogP contribution in [-0.2, 0) is 9.53 Å². The van der Waals surface area contributed by atoms with E-state index in [4.69, 9.17) is 4.74 Å². The number of hydrogen-bond acceptors (Lipinski definition) is 7. The van der Waals surface area contributed by atoms with Gasteiger partial charge in [0, 0.05) is 31.6 Å². The van der Waals surface area contributed by atoms with Crippen LogP contribution in [0.15, 0.2) is 48.5 Å². The van der Waals surface area contributed by atoms with Crippen molar-refractivity contribution < 1.29 is 41.0 Å². The molecule has 1 aliphatic rings. The number of alkyl halides is 5. The van der Waals surface area contributed by atoms with E-state index >= 15 is 0 Å². The normalized spacial score (nSPS) is 15.5. The first-order valence-electron chi connectivity index (χ1n) is 10.3. The predicted octanol–water partition coefficient (Wildman–Crippen LogP) is 4.75. The predicted molar refractivity (Wildman–Crippen MR) is 111 cm³/mol. The van der Waals surface area contributed by atoms with E-state index in [2.05, 4.69) is 15.0 Å². The van der Waals surface area contributed by atoms with Crippen molar-refractivity contribution in [3.63, 3.8) is 0 Å². The zero-order chi connectivity index (χ0) is 25.2. The highest BCUT2D eigenvalue weighted by Gasteiger charge is 2.43. The minimum atomic E-state index is -5.35. The van der Waals surface area contributed by atoms with Gasteiger partial charge in [-0.2, -0.15) is 13.2 Å². The molecule has 1 aromatic heterocycles. The smallest absolute Gasteiger partial charge is 0.436 e. The van der Waals surface area contributed by atoms with Crippen LogP contribution in [0.3, 0.4) is 0 Å².